The highest BCUT2D eigenvalue weighted by Crippen LogP contribution is 2.30. The normalized spacial score (nSPS) is 23.5. The molecule has 0 spiro atoms. The van der Waals surface area contributed by atoms with Gasteiger partial charge in [-0.1, -0.05) is 6.92 Å². The minimum absolute atomic E-state index is 0.184. The van der Waals surface area contributed by atoms with Crippen LogP contribution in [0.3, 0.4) is 0 Å². The summed E-state index contributed by atoms with van der Waals surface area (Å²) in [5, 5.41) is 13.4. The van der Waals surface area contributed by atoms with E-state index in [2.05, 4.69) is 28.7 Å². The fourth-order valence-electron chi connectivity index (χ4n) is 2.66. The van der Waals surface area contributed by atoms with Crippen LogP contribution < -0.4 is 0 Å². The average Bonchev–Trinajstić information content (AvgIpc) is 2.84. The molecule has 2 rings (SSSR count). The summed E-state index contributed by atoms with van der Waals surface area (Å²) < 4.78 is 0. The Hall–Kier alpha value is -0.870. The SMILES string of the molecule is CCC(c1ccsc1)N1CCCC(C(=O)O)C1. The molecule has 0 radical (unpaired) electrons. The number of hydrogen-bond acceptors (Lipinski definition) is 3. The number of hydrogen-bond donors (Lipinski definition) is 1. The standard InChI is InChI=1S/C13H19NO2S/c1-2-12(11-5-7-17-9-11)14-6-3-4-10(8-14)13(15)16/h5,7,9-10,12H,2-4,6,8H2,1H3,(H,15,16). The molecule has 1 aliphatic heterocycles. The van der Waals surface area contributed by atoms with Gasteiger partial charge < -0.3 is 5.11 Å². The van der Waals surface area contributed by atoms with Gasteiger partial charge in [0.2, 0.25) is 0 Å². The van der Waals surface area contributed by atoms with Crippen LogP contribution in [0.1, 0.15) is 37.8 Å². The zero-order valence-electron chi connectivity index (χ0n) is 10.1. The van der Waals surface area contributed by atoms with Crippen LogP contribution in [0.15, 0.2) is 16.8 Å². The highest BCUT2D eigenvalue weighted by Gasteiger charge is 2.29. The zero-order chi connectivity index (χ0) is 12.3. The molecule has 1 N–H and O–H groups in total. The van der Waals surface area contributed by atoms with Gasteiger partial charge in [0.05, 0.1) is 5.92 Å². The predicted octanol–water partition coefficient (Wildman–Crippen LogP) is 3.00. The van der Waals surface area contributed by atoms with Crippen LogP contribution >= 0.6 is 11.3 Å². The van der Waals surface area contributed by atoms with E-state index in [-0.39, 0.29) is 5.92 Å². The third-order valence-electron chi connectivity index (χ3n) is 3.56. The molecule has 0 saturated carbocycles. The molecule has 0 bridgehead atoms. The molecule has 1 saturated heterocycles. The Kier molecular flexibility index (Phi) is 4.18. The van der Waals surface area contributed by atoms with Crippen molar-refractivity contribution in [3.8, 4) is 0 Å². The first-order valence-corrected chi connectivity index (χ1v) is 7.15. The Morgan fingerprint density at radius 1 is 1.71 bits per heavy atom. The van der Waals surface area contributed by atoms with Gasteiger partial charge >= 0.3 is 5.97 Å². The molecule has 1 fully saturated rings. The van der Waals surface area contributed by atoms with Gasteiger partial charge in [-0.3, -0.25) is 9.69 Å². The summed E-state index contributed by atoms with van der Waals surface area (Å²) in [6.45, 7) is 3.90. The molecule has 94 valence electrons. The van der Waals surface area contributed by atoms with E-state index in [1.807, 2.05) is 0 Å². The Balaban J connectivity index is 2.07. The zero-order valence-corrected chi connectivity index (χ0v) is 10.9. The second-order valence-corrected chi connectivity index (χ2v) is 5.43. The van der Waals surface area contributed by atoms with Crippen molar-refractivity contribution >= 4 is 17.3 Å². The van der Waals surface area contributed by atoms with Crippen molar-refractivity contribution < 1.29 is 9.90 Å². The van der Waals surface area contributed by atoms with E-state index >= 15 is 0 Å². The summed E-state index contributed by atoms with van der Waals surface area (Å²) in [4.78, 5) is 13.4. The van der Waals surface area contributed by atoms with E-state index in [9.17, 15) is 4.79 Å². The first-order chi connectivity index (χ1) is 8.22. The highest BCUT2D eigenvalue weighted by molar-refractivity contribution is 7.07. The molecule has 1 aliphatic rings. The van der Waals surface area contributed by atoms with Gasteiger partial charge in [0.25, 0.3) is 0 Å². The van der Waals surface area contributed by atoms with Gasteiger partial charge in [-0.15, -0.1) is 0 Å². The Morgan fingerprint density at radius 3 is 3.12 bits per heavy atom. The summed E-state index contributed by atoms with van der Waals surface area (Å²) >= 11 is 1.71. The summed E-state index contributed by atoms with van der Waals surface area (Å²) in [6.07, 6.45) is 2.87. The van der Waals surface area contributed by atoms with Crippen LogP contribution in [0.4, 0.5) is 0 Å². The Morgan fingerprint density at radius 2 is 2.53 bits per heavy atom. The van der Waals surface area contributed by atoms with Crippen LogP contribution in [0.25, 0.3) is 0 Å². The Bertz CT molecular complexity index is 364. The lowest BCUT2D eigenvalue weighted by Crippen LogP contribution is -2.40. The number of nitrogens with zero attached hydrogens (tertiary/aromatic N) is 1. The molecule has 2 heterocycles. The second-order valence-electron chi connectivity index (χ2n) is 4.65. The number of carbonyl (C=O) groups is 1. The van der Waals surface area contributed by atoms with Crippen LogP contribution in [0, 0.1) is 5.92 Å². The van der Waals surface area contributed by atoms with Crippen LogP contribution in [-0.4, -0.2) is 29.1 Å². The molecular weight excluding hydrogens is 234 g/mol. The maximum Gasteiger partial charge on any atom is 0.307 e. The first-order valence-electron chi connectivity index (χ1n) is 6.21. The maximum atomic E-state index is 11.1. The van der Waals surface area contributed by atoms with Crippen molar-refractivity contribution in [3.63, 3.8) is 0 Å². The van der Waals surface area contributed by atoms with Gasteiger partial charge in [-0.05, 0) is 48.2 Å². The van der Waals surface area contributed by atoms with Crippen molar-refractivity contribution in [1.29, 1.82) is 0 Å². The lowest BCUT2D eigenvalue weighted by molar-refractivity contribution is -0.144. The maximum absolute atomic E-state index is 11.1. The van der Waals surface area contributed by atoms with E-state index < -0.39 is 5.97 Å². The topological polar surface area (TPSA) is 40.5 Å². The number of rotatable bonds is 4. The van der Waals surface area contributed by atoms with Gasteiger partial charge in [0.1, 0.15) is 0 Å². The van der Waals surface area contributed by atoms with E-state index in [1.54, 1.807) is 11.3 Å². The van der Waals surface area contributed by atoms with Crippen molar-refractivity contribution in [3.05, 3.63) is 22.4 Å². The molecule has 3 nitrogen and oxygen atoms in total. The molecular formula is C13H19NO2S. The Labute approximate surface area is 106 Å². The summed E-state index contributed by atoms with van der Waals surface area (Å²) in [5.74, 6) is -0.827. The smallest absolute Gasteiger partial charge is 0.307 e. The summed E-state index contributed by atoms with van der Waals surface area (Å²) in [5.41, 5.74) is 1.34. The minimum atomic E-state index is -0.644. The van der Waals surface area contributed by atoms with E-state index in [1.165, 1.54) is 5.56 Å². The van der Waals surface area contributed by atoms with Gasteiger partial charge in [0, 0.05) is 12.6 Å². The minimum Gasteiger partial charge on any atom is -0.481 e. The third kappa shape index (κ3) is 2.87. The number of carboxylic acid groups (broad SMARTS) is 1. The second kappa shape index (κ2) is 5.65. The number of likely N-dealkylation sites (tertiary alicyclic amines) is 1. The molecule has 0 aromatic carbocycles. The van der Waals surface area contributed by atoms with Crippen molar-refractivity contribution in [2.45, 2.75) is 32.2 Å². The number of aliphatic carboxylic acids is 1. The molecule has 0 aliphatic carbocycles. The summed E-state index contributed by atoms with van der Waals surface area (Å²) in [7, 11) is 0. The molecule has 2 atom stereocenters. The van der Waals surface area contributed by atoms with E-state index in [0.717, 1.165) is 25.8 Å². The molecule has 2 unspecified atom stereocenters. The monoisotopic (exact) mass is 253 g/mol. The predicted molar refractivity (Wildman–Crippen MR) is 69.3 cm³/mol. The average molecular weight is 253 g/mol. The molecule has 4 heteroatoms. The third-order valence-corrected chi connectivity index (χ3v) is 4.26. The molecule has 1 aromatic heterocycles. The van der Waals surface area contributed by atoms with E-state index in [0.29, 0.717) is 12.6 Å². The number of carboxylic acids is 1. The fourth-order valence-corrected chi connectivity index (χ4v) is 3.37. The van der Waals surface area contributed by atoms with Crippen LogP contribution in [0.2, 0.25) is 0 Å². The van der Waals surface area contributed by atoms with Crippen LogP contribution in [-0.2, 0) is 4.79 Å². The highest BCUT2D eigenvalue weighted by atomic mass is 32.1. The molecule has 1 aromatic rings. The first kappa shape index (κ1) is 12.6. The lowest BCUT2D eigenvalue weighted by Gasteiger charge is -2.36. The summed E-state index contributed by atoms with van der Waals surface area (Å²) in [6, 6.07) is 2.55. The van der Waals surface area contributed by atoms with Crippen molar-refractivity contribution in [2.24, 2.45) is 5.92 Å². The number of thiophene rings is 1. The van der Waals surface area contributed by atoms with Crippen molar-refractivity contribution in [2.75, 3.05) is 13.1 Å². The van der Waals surface area contributed by atoms with Gasteiger partial charge in [0.15, 0.2) is 0 Å². The van der Waals surface area contributed by atoms with Gasteiger partial charge in [-0.2, -0.15) is 11.3 Å². The molecule has 0 amide bonds. The van der Waals surface area contributed by atoms with Crippen molar-refractivity contribution in [1.82, 2.24) is 4.90 Å². The fraction of sp³-hybridized carbons (Fsp3) is 0.615. The van der Waals surface area contributed by atoms with E-state index in [4.69, 9.17) is 5.11 Å². The van der Waals surface area contributed by atoms with Gasteiger partial charge in [-0.25, -0.2) is 0 Å². The molecule has 17 heavy (non-hydrogen) atoms. The largest absolute Gasteiger partial charge is 0.481 e. The quantitative estimate of drug-likeness (QED) is 0.896. The van der Waals surface area contributed by atoms with Crippen LogP contribution in [0.5, 0.6) is 0 Å². The number of piperidine rings is 1. The lowest BCUT2D eigenvalue weighted by atomic mass is 9.95.